The normalized spacial score (nSPS) is 10.9. The molecule has 0 bridgehead atoms. The van der Waals surface area contributed by atoms with E-state index in [1.54, 1.807) is 29.0 Å². The molecule has 1 heterocycles. The molecule has 20 heavy (non-hydrogen) atoms. The Morgan fingerprint density at radius 3 is 3.00 bits per heavy atom. The molecule has 0 saturated heterocycles. The van der Waals surface area contributed by atoms with E-state index in [1.165, 1.54) is 6.07 Å². The van der Waals surface area contributed by atoms with Gasteiger partial charge in [-0.15, -0.1) is 11.3 Å². The molecule has 3 rings (SSSR count). The van der Waals surface area contributed by atoms with Gasteiger partial charge in [0.2, 0.25) is 0 Å². The third-order valence-electron chi connectivity index (χ3n) is 3.02. The van der Waals surface area contributed by atoms with Crippen molar-refractivity contribution in [1.82, 2.24) is 4.98 Å². The van der Waals surface area contributed by atoms with Gasteiger partial charge in [-0.3, -0.25) is 0 Å². The standard InChI is InChI=1S/C14H11BrFN3S/c15-9-1-2-10(16)8(5-9)6-18-11-3-4-12-14(13(11)17)19-7-20-12/h1-5,7,18H,6,17H2. The monoisotopic (exact) mass is 351 g/mol. The quantitative estimate of drug-likeness (QED) is 0.688. The van der Waals surface area contributed by atoms with Crippen LogP contribution in [-0.4, -0.2) is 4.98 Å². The lowest BCUT2D eigenvalue weighted by molar-refractivity contribution is 0.612. The first-order chi connectivity index (χ1) is 9.65. The second-order valence-corrected chi connectivity index (χ2v) is 6.12. The molecule has 3 aromatic rings. The Bertz CT molecular complexity index is 772. The fourth-order valence-electron chi connectivity index (χ4n) is 1.98. The third-order valence-corrected chi connectivity index (χ3v) is 4.31. The number of fused-ring (bicyclic) bond motifs is 1. The van der Waals surface area contributed by atoms with Crippen molar-refractivity contribution >= 4 is 48.9 Å². The van der Waals surface area contributed by atoms with Gasteiger partial charge in [-0.2, -0.15) is 0 Å². The summed E-state index contributed by atoms with van der Waals surface area (Å²) in [5.41, 5.74) is 10.6. The van der Waals surface area contributed by atoms with Gasteiger partial charge in [-0.25, -0.2) is 9.37 Å². The molecule has 0 radical (unpaired) electrons. The van der Waals surface area contributed by atoms with E-state index >= 15 is 0 Å². The number of nitrogen functional groups attached to an aromatic ring is 1. The second-order valence-electron chi connectivity index (χ2n) is 4.32. The summed E-state index contributed by atoms with van der Waals surface area (Å²) >= 11 is 4.88. The molecule has 1 aromatic heterocycles. The molecular weight excluding hydrogens is 341 g/mol. The Hall–Kier alpha value is -1.66. The summed E-state index contributed by atoms with van der Waals surface area (Å²) in [6.07, 6.45) is 0. The number of thiazole rings is 1. The van der Waals surface area contributed by atoms with Gasteiger partial charge < -0.3 is 11.1 Å². The van der Waals surface area contributed by atoms with Gasteiger partial charge in [0.1, 0.15) is 11.3 Å². The zero-order chi connectivity index (χ0) is 14.1. The number of rotatable bonds is 3. The molecule has 3 N–H and O–H groups in total. The van der Waals surface area contributed by atoms with Gasteiger partial charge in [0.05, 0.1) is 21.6 Å². The molecule has 0 saturated carbocycles. The number of nitrogens with zero attached hydrogens (tertiary/aromatic N) is 1. The highest BCUT2D eigenvalue weighted by molar-refractivity contribution is 9.10. The molecule has 0 aliphatic carbocycles. The van der Waals surface area contributed by atoms with Crippen LogP contribution in [0.2, 0.25) is 0 Å². The summed E-state index contributed by atoms with van der Waals surface area (Å²) in [5.74, 6) is -0.242. The molecule has 0 fully saturated rings. The first-order valence-corrected chi connectivity index (χ1v) is 7.62. The maximum absolute atomic E-state index is 13.7. The molecule has 0 aliphatic rings. The van der Waals surface area contributed by atoms with Crippen LogP contribution in [-0.2, 0) is 6.54 Å². The maximum atomic E-state index is 13.7. The Morgan fingerprint density at radius 1 is 1.30 bits per heavy atom. The fourth-order valence-corrected chi connectivity index (χ4v) is 3.08. The minimum Gasteiger partial charge on any atom is -0.395 e. The van der Waals surface area contributed by atoms with E-state index < -0.39 is 0 Å². The summed E-state index contributed by atoms with van der Waals surface area (Å²) in [5, 5.41) is 3.16. The molecule has 0 unspecified atom stereocenters. The summed E-state index contributed by atoms with van der Waals surface area (Å²) in [4.78, 5) is 4.24. The zero-order valence-corrected chi connectivity index (χ0v) is 12.8. The lowest BCUT2D eigenvalue weighted by atomic mass is 10.2. The molecule has 2 aromatic carbocycles. The molecule has 6 heteroatoms. The van der Waals surface area contributed by atoms with Gasteiger partial charge >= 0.3 is 0 Å². The smallest absolute Gasteiger partial charge is 0.128 e. The van der Waals surface area contributed by atoms with Crippen molar-refractivity contribution < 1.29 is 4.39 Å². The Kier molecular flexibility index (Phi) is 3.58. The van der Waals surface area contributed by atoms with E-state index in [9.17, 15) is 4.39 Å². The van der Waals surface area contributed by atoms with Crippen LogP contribution in [0.4, 0.5) is 15.8 Å². The lowest BCUT2D eigenvalue weighted by Gasteiger charge is -2.10. The summed E-state index contributed by atoms with van der Waals surface area (Å²) in [7, 11) is 0. The average molecular weight is 352 g/mol. The van der Waals surface area contributed by atoms with Crippen LogP contribution in [0.3, 0.4) is 0 Å². The first kappa shape index (κ1) is 13.3. The summed E-state index contributed by atoms with van der Waals surface area (Å²) < 4.78 is 15.6. The lowest BCUT2D eigenvalue weighted by Crippen LogP contribution is -2.04. The van der Waals surface area contributed by atoms with Crippen molar-refractivity contribution in [1.29, 1.82) is 0 Å². The molecule has 0 spiro atoms. The van der Waals surface area contributed by atoms with Crippen LogP contribution in [0.1, 0.15) is 5.56 Å². The molecule has 102 valence electrons. The number of hydrogen-bond donors (Lipinski definition) is 2. The van der Waals surface area contributed by atoms with E-state index in [0.29, 0.717) is 17.8 Å². The number of halogens is 2. The predicted molar refractivity (Wildman–Crippen MR) is 85.5 cm³/mol. The molecule has 0 aliphatic heterocycles. The van der Waals surface area contributed by atoms with E-state index in [-0.39, 0.29) is 5.82 Å². The van der Waals surface area contributed by atoms with Gasteiger partial charge in [0, 0.05) is 16.6 Å². The molecule has 0 amide bonds. The van der Waals surface area contributed by atoms with Crippen molar-refractivity contribution in [3.05, 3.63) is 51.7 Å². The van der Waals surface area contributed by atoms with Gasteiger partial charge in [-0.1, -0.05) is 15.9 Å². The SMILES string of the molecule is Nc1c(NCc2cc(Br)ccc2F)ccc2scnc12. The van der Waals surface area contributed by atoms with Gasteiger partial charge in [0.15, 0.2) is 0 Å². The van der Waals surface area contributed by atoms with E-state index in [0.717, 1.165) is 20.4 Å². The minimum atomic E-state index is -0.242. The number of aromatic nitrogens is 1. The molecule has 0 atom stereocenters. The van der Waals surface area contributed by atoms with Crippen LogP contribution < -0.4 is 11.1 Å². The van der Waals surface area contributed by atoms with Crippen LogP contribution in [0.25, 0.3) is 10.2 Å². The number of hydrogen-bond acceptors (Lipinski definition) is 4. The topological polar surface area (TPSA) is 50.9 Å². The van der Waals surface area contributed by atoms with Crippen LogP contribution in [0, 0.1) is 5.82 Å². The minimum absolute atomic E-state index is 0.242. The maximum Gasteiger partial charge on any atom is 0.128 e. The van der Waals surface area contributed by atoms with Gasteiger partial charge in [0.25, 0.3) is 0 Å². The van der Waals surface area contributed by atoms with E-state index in [4.69, 9.17) is 5.73 Å². The molecular formula is C14H11BrFN3S. The number of nitrogens with two attached hydrogens (primary N) is 1. The van der Waals surface area contributed by atoms with Crippen molar-refractivity contribution in [3.63, 3.8) is 0 Å². The van der Waals surface area contributed by atoms with Crippen LogP contribution in [0.15, 0.2) is 40.3 Å². The summed E-state index contributed by atoms with van der Waals surface area (Å²) in [6.45, 7) is 0.366. The van der Waals surface area contributed by atoms with Gasteiger partial charge in [-0.05, 0) is 30.3 Å². The number of nitrogens with one attached hydrogen (secondary N) is 1. The van der Waals surface area contributed by atoms with Crippen molar-refractivity contribution in [2.75, 3.05) is 11.1 Å². The van der Waals surface area contributed by atoms with E-state index in [1.807, 2.05) is 12.1 Å². The third kappa shape index (κ3) is 2.48. The highest BCUT2D eigenvalue weighted by Gasteiger charge is 2.08. The Labute approximate surface area is 127 Å². The largest absolute Gasteiger partial charge is 0.395 e. The Balaban J connectivity index is 1.86. The zero-order valence-electron chi connectivity index (χ0n) is 10.4. The summed E-state index contributed by atoms with van der Waals surface area (Å²) in [6, 6.07) is 8.72. The van der Waals surface area contributed by atoms with Crippen LogP contribution in [0.5, 0.6) is 0 Å². The first-order valence-electron chi connectivity index (χ1n) is 5.94. The van der Waals surface area contributed by atoms with E-state index in [2.05, 4.69) is 26.2 Å². The molecule has 3 nitrogen and oxygen atoms in total. The fraction of sp³-hybridized carbons (Fsp3) is 0.0714. The Morgan fingerprint density at radius 2 is 2.15 bits per heavy atom. The highest BCUT2D eigenvalue weighted by Crippen LogP contribution is 2.30. The highest BCUT2D eigenvalue weighted by atomic mass is 79.9. The van der Waals surface area contributed by atoms with Crippen molar-refractivity contribution in [2.45, 2.75) is 6.54 Å². The van der Waals surface area contributed by atoms with Crippen molar-refractivity contribution in [2.24, 2.45) is 0 Å². The number of anilines is 2. The van der Waals surface area contributed by atoms with Crippen LogP contribution >= 0.6 is 27.3 Å². The average Bonchev–Trinajstić information content (AvgIpc) is 2.91. The predicted octanol–water partition coefficient (Wildman–Crippen LogP) is 4.39. The number of benzene rings is 2. The second kappa shape index (κ2) is 5.38. The van der Waals surface area contributed by atoms with Crippen molar-refractivity contribution in [3.8, 4) is 0 Å².